The van der Waals surface area contributed by atoms with Crippen molar-refractivity contribution in [3.8, 4) is 0 Å². The third kappa shape index (κ3) is 6.08. The number of nitrogens with one attached hydrogen (secondary N) is 2. The first kappa shape index (κ1) is 13.5. The Morgan fingerprint density at radius 2 is 2.31 bits per heavy atom. The first-order valence-electron chi connectivity index (χ1n) is 6.42. The van der Waals surface area contributed by atoms with Crippen molar-refractivity contribution in [2.75, 3.05) is 26.2 Å². The highest BCUT2D eigenvalue weighted by atomic mass is 16.5. The summed E-state index contributed by atoms with van der Waals surface area (Å²) in [5.41, 5.74) is 0. The van der Waals surface area contributed by atoms with Gasteiger partial charge in [0.05, 0.1) is 6.10 Å². The molecule has 0 bridgehead atoms. The zero-order valence-corrected chi connectivity index (χ0v) is 10.3. The molecule has 0 spiro atoms. The number of carbonyl (C=O) groups is 1. The molecule has 1 saturated heterocycles. The number of amides is 1. The van der Waals surface area contributed by atoms with Gasteiger partial charge in [-0.15, -0.1) is 0 Å². The molecule has 94 valence electrons. The molecule has 1 atom stereocenters. The molecular weight excluding hydrogens is 204 g/mol. The molecule has 4 nitrogen and oxygen atoms in total. The monoisotopic (exact) mass is 228 g/mol. The zero-order valence-electron chi connectivity index (χ0n) is 10.3. The number of carbonyl (C=O) groups excluding carboxylic acids is 1. The number of ether oxygens (including phenoxy) is 1. The van der Waals surface area contributed by atoms with E-state index in [9.17, 15) is 4.79 Å². The van der Waals surface area contributed by atoms with Crippen LogP contribution in [0.4, 0.5) is 0 Å². The maximum Gasteiger partial charge on any atom is 0.221 e. The van der Waals surface area contributed by atoms with Crippen molar-refractivity contribution in [2.45, 2.75) is 45.1 Å². The lowest BCUT2D eigenvalue weighted by Gasteiger charge is -2.10. The Bertz CT molecular complexity index is 191. The van der Waals surface area contributed by atoms with E-state index in [1.54, 1.807) is 0 Å². The van der Waals surface area contributed by atoms with Gasteiger partial charge in [-0.1, -0.05) is 13.3 Å². The normalized spacial score (nSPS) is 19.9. The van der Waals surface area contributed by atoms with Gasteiger partial charge in [0.1, 0.15) is 0 Å². The first-order valence-corrected chi connectivity index (χ1v) is 6.42. The molecule has 0 aromatic heterocycles. The van der Waals surface area contributed by atoms with Gasteiger partial charge in [0.15, 0.2) is 0 Å². The minimum Gasteiger partial charge on any atom is -0.376 e. The fraction of sp³-hybridized carbons (Fsp3) is 0.917. The van der Waals surface area contributed by atoms with Crippen molar-refractivity contribution in [3.63, 3.8) is 0 Å². The van der Waals surface area contributed by atoms with Gasteiger partial charge >= 0.3 is 0 Å². The molecule has 0 saturated carbocycles. The molecule has 1 rings (SSSR count). The molecular formula is C12H24N2O2. The second-order valence-electron chi connectivity index (χ2n) is 4.29. The lowest BCUT2D eigenvalue weighted by molar-refractivity contribution is -0.121. The van der Waals surface area contributed by atoms with Crippen molar-refractivity contribution in [2.24, 2.45) is 0 Å². The van der Waals surface area contributed by atoms with E-state index in [2.05, 4.69) is 17.6 Å². The average molecular weight is 228 g/mol. The second kappa shape index (κ2) is 8.53. The molecule has 0 radical (unpaired) electrons. The van der Waals surface area contributed by atoms with E-state index in [1.807, 2.05) is 0 Å². The van der Waals surface area contributed by atoms with Crippen LogP contribution in [0.3, 0.4) is 0 Å². The summed E-state index contributed by atoms with van der Waals surface area (Å²) in [5, 5.41) is 6.16. The van der Waals surface area contributed by atoms with E-state index in [0.717, 1.165) is 32.5 Å². The standard InChI is InChI=1S/C12H24N2O2/c1-2-3-7-13-8-6-12(15)14-10-11-5-4-9-16-11/h11,13H,2-10H2,1H3,(H,14,15). The number of hydrogen-bond donors (Lipinski definition) is 2. The largest absolute Gasteiger partial charge is 0.376 e. The fourth-order valence-electron chi connectivity index (χ4n) is 1.75. The highest BCUT2D eigenvalue weighted by Crippen LogP contribution is 2.10. The number of rotatable bonds is 8. The Morgan fingerprint density at radius 3 is 3.00 bits per heavy atom. The van der Waals surface area contributed by atoms with Crippen molar-refractivity contribution in [1.29, 1.82) is 0 Å². The minimum atomic E-state index is 0.125. The molecule has 4 heteroatoms. The topological polar surface area (TPSA) is 50.4 Å². The molecule has 1 aliphatic heterocycles. The highest BCUT2D eigenvalue weighted by Gasteiger charge is 2.15. The van der Waals surface area contributed by atoms with E-state index >= 15 is 0 Å². The van der Waals surface area contributed by atoms with Crippen LogP contribution in [0.5, 0.6) is 0 Å². The Balaban J connectivity index is 1.90. The fourth-order valence-corrected chi connectivity index (χ4v) is 1.75. The summed E-state index contributed by atoms with van der Waals surface area (Å²) in [7, 11) is 0. The maximum atomic E-state index is 11.4. The van der Waals surface area contributed by atoms with Crippen molar-refractivity contribution in [3.05, 3.63) is 0 Å². The van der Waals surface area contributed by atoms with Crippen LogP contribution in [0.1, 0.15) is 39.0 Å². The summed E-state index contributed by atoms with van der Waals surface area (Å²) in [6, 6.07) is 0. The Hall–Kier alpha value is -0.610. The van der Waals surface area contributed by atoms with Gasteiger partial charge in [0.25, 0.3) is 0 Å². The third-order valence-electron chi connectivity index (χ3n) is 2.79. The van der Waals surface area contributed by atoms with Crippen LogP contribution in [-0.2, 0) is 9.53 Å². The van der Waals surface area contributed by atoms with Gasteiger partial charge in [-0.3, -0.25) is 4.79 Å². The molecule has 1 fully saturated rings. The summed E-state index contributed by atoms with van der Waals surface area (Å²) in [4.78, 5) is 11.4. The predicted octanol–water partition coefficient (Wildman–Crippen LogP) is 1.06. The van der Waals surface area contributed by atoms with Crippen LogP contribution in [0.25, 0.3) is 0 Å². The molecule has 1 amide bonds. The summed E-state index contributed by atoms with van der Waals surface area (Å²) >= 11 is 0. The van der Waals surface area contributed by atoms with Crippen molar-refractivity contribution >= 4 is 5.91 Å². The molecule has 1 unspecified atom stereocenters. The molecule has 0 aliphatic carbocycles. The lowest BCUT2D eigenvalue weighted by atomic mass is 10.2. The van der Waals surface area contributed by atoms with Gasteiger partial charge < -0.3 is 15.4 Å². The van der Waals surface area contributed by atoms with E-state index in [0.29, 0.717) is 13.0 Å². The summed E-state index contributed by atoms with van der Waals surface area (Å²) in [5.74, 6) is 0.125. The first-order chi connectivity index (χ1) is 7.83. The third-order valence-corrected chi connectivity index (χ3v) is 2.79. The van der Waals surface area contributed by atoms with Crippen LogP contribution >= 0.6 is 0 Å². The van der Waals surface area contributed by atoms with Crippen LogP contribution in [0.2, 0.25) is 0 Å². The molecule has 1 aliphatic rings. The molecule has 0 aromatic rings. The zero-order chi connectivity index (χ0) is 11.6. The molecule has 0 aromatic carbocycles. The highest BCUT2D eigenvalue weighted by molar-refractivity contribution is 5.76. The maximum absolute atomic E-state index is 11.4. The van der Waals surface area contributed by atoms with E-state index in [4.69, 9.17) is 4.74 Å². The lowest BCUT2D eigenvalue weighted by Crippen LogP contribution is -2.33. The Labute approximate surface area is 98.1 Å². The van der Waals surface area contributed by atoms with Crippen LogP contribution in [0.15, 0.2) is 0 Å². The quantitative estimate of drug-likeness (QED) is 0.611. The van der Waals surface area contributed by atoms with Gasteiger partial charge in [-0.25, -0.2) is 0 Å². The Kier molecular flexibility index (Phi) is 7.17. The van der Waals surface area contributed by atoms with Crippen molar-refractivity contribution in [1.82, 2.24) is 10.6 Å². The molecule has 1 heterocycles. The van der Waals surface area contributed by atoms with Crippen molar-refractivity contribution < 1.29 is 9.53 Å². The summed E-state index contributed by atoms with van der Waals surface area (Å²) in [6.07, 6.45) is 5.39. The van der Waals surface area contributed by atoms with Crippen LogP contribution in [0, 0.1) is 0 Å². The van der Waals surface area contributed by atoms with E-state index < -0.39 is 0 Å². The summed E-state index contributed by atoms with van der Waals surface area (Å²) < 4.78 is 5.43. The summed E-state index contributed by atoms with van der Waals surface area (Å²) in [6.45, 7) is 5.47. The molecule has 16 heavy (non-hydrogen) atoms. The number of unbranched alkanes of at least 4 members (excludes halogenated alkanes) is 1. The predicted molar refractivity (Wildman–Crippen MR) is 64.4 cm³/mol. The molecule has 2 N–H and O–H groups in total. The van der Waals surface area contributed by atoms with Crippen LogP contribution in [-0.4, -0.2) is 38.3 Å². The van der Waals surface area contributed by atoms with E-state index in [-0.39, 0.29) is 12.0 Å². The average Bonchev–Trinajstić information content (AvgIpc) is 2.79. The van der Waals surface area contributed by atoms with Crippen LogP contribution < -0.4 is 10.6 Å². The second-order valence-corrected chi connectivity index (χ2v) is 4.29. The van der Waals surface area contributed by atoms with Gasteiger partial charge in [0, 0.05) is 26.1 Å². The SMILES string of the molecule is CCCCNCCC(=O)NCC1CCCO1. The van der Waals surface area contributed by atoms with Gasteiger partial charge in [-0.05, 0) is 25.8 Å². The smallest absolute Gasteiger partial charge is 0.221 e. The van der Waals surface area contributed by atoms with E-state index in [1.165, 1.54) is 12.8 Å². The Morgan fingerprint density at radius 1 is 1.44 bits per heavy atom. The number of hydrogen-bond acceptors (Lipinski definition) is 3. The minimum absolute atomic E-state index is 0.125. The van der Waals surface area contributed by atoms with Gasteiger partial charge in [0.2, 0.25) is 5.91 Å². The van der Waals surface area contributed by atoms with Gasteiger partial charge in [-0.2, -0.15) is 0 Å².